The average Bonchev–Trinajstić information content (AvgIpc) is 2.79. The van der Waals surface area contributed by atoms with E-state index in [-0.39, 0.29) is 0 Å². The van der Waals surface area contributed by atoms with Crippen molar-refractivity contribution in [3.63, 3.8) is 0 Å². The number of rotatable bonds is 26. The lowest BCUT2D eigenvalue weighted by Gasteiger charge is -2.28. The topological polar surface area (TPSA) is 37.3 Å². The van der Waals surface area contributed by atoms with E-state index in [0.29, 0.717) is 0 Å². The van der Waals surface area contributed by atoms with Crippen LogP contribution >= 0.6 is 0 Å². The summed E-state index contributed by atoms with van der Waals surface area (Å²) in [6.07, 6.45) is 32.4. The molecular formula is C30H60O2. The van der Waals surface area contributed by atoms with Gasteiger partial charge in [0.05, 0.1) is 5.41 Å². The summed E-state index contributed by atoms with van der Waals surface area (Å²) >= 11 is 0. The van der Waals surface area contributed by atoms with Crippen LogP contribution in [0, 0.1) is 5.41 Å². The Kier molecular flexibility index (Phi) is 23.2. The Hall–Kier alpha value is -0.530. The van der Waals surface area contributed by atoms with Gasteiger partial charge in [-0.15, -0.1) is 0 Å². The van der Waals surface area contributed by atoms with Crippen LogP contribution in [0.25, 0.3) is 0 Å². The van der Waals surface area contributed by atoms with Gasteiger partial charge in [-0.05, 0) is 19.3 Å². The number of carbonyl (C=O) groups is 1. The molecule has 0 rings (SSSR count). The zero-order chi connectivity index (χ0) is 23.8. The average molecular weight is 453 g/mol. The predicted octanol–water partition coefficient (Wildman–Crippen LogP) is 10.9. The van der Waals surface area contributed by atoms with Gasteiger partial charge in [-0.3, -0.25) is 4.79 Å². The number of unbranched alkanes of at least 4 members (excludes halogenated alkanes) is 20. The molecule has 0 aromatic heterocycles. The Morgan fingerprint density at radius 1 is 0.469 bits per heavy atom. The third-order valence-corrected chi connectivity index (χ3v) is 7.65. The molecule has 0 spiro atoms. The molecule has 1 N–H and O–H groups in total. The summed E-state index contributed by atoms with van der Waals surface area (Å²) < 4.78 is 0. The van der Waals surface area contributed by atoms with E-state index in [1.54, 1.807) is 0 Å². The molecule has 0 aliphatic carbocycles. The van der Waals surface area contributed by atoms with Crippen molar-refractivity contribution in [2.45, 2.75) is 181 Å². The van der Waals surface area contributed by atoms with Gasteiger partial charge in [-0.2, -0.15) is 0 Å². The van der Waals surface area contributed by atoms with Crippen molar-refractivity contribution in [3.05, 3.63) is 0 Å². The highest BCUT2D eigenvalue weighted by Crippen LogP contribution is 2.35. The summed E-state index contributed by atoms with van der Waals surface area (Å²) in [5, 5.41) is 9.71. The zero-order valence-corrected chi connectivity index (χ0v) is 22.5. The maximum Gasteiger partial charge on any atom is 0.309 e. The Morgan fingerprint density at radius 3 is 1.03 bits per heavy atom. The number of hydrogen-bond donors (Lipinski definition) is 1. The molecule has 1 atom stereocenters. The van der Waals surface area contributed by atoms with E-state index < -0.39 is 11.4 Å². The molecule has 0 aliphatic rings. The minimum absolute atomic E-state index is 0.454. The predicted molar refractivity (Wildman–Crippen MR) is 143 cm³/mol. The second-order valence-corrected chi connectivity index (χ2v) is 10.5. The number of hydrogen-bond acceptors (Lipinski definition) is 1. The first-order valence-corrected chi connectivity index (χ1v) is 14.9. The summed E-state index contributed by atoms with van der Waals surface area (Å²) in [5.41, 5.74) is -0.454. The summed E-state index contributed by atoms with van der Waals surface area (Å²) in [5.74, 6) is -0.564. The van der Waals surface area contributed by atoms with Crippen LogP contribution in [0.2, 0.25) is 0 Å². The van der Waals surface area contributed by atoms with Gasteiger partial charge in [0.25, 0.3) is 0 Å². The normalized spacial score (nSPS) is 13.3. The van der Waals surface area contributed by atoms with Crippen LogP contribution in [0.4, 0.5) is 0 Å². The van der Waals surface area contributed by atoms with Crippen LogP contribution < -0.4 is 0 Å². The summed E-state index contributed by atoms with van der Waals surface area (Å²) in [6, 6.07) is 0. The van der Waals surface area contributed by atoms with E-state index in [1.807, 2.05) is 0 Å². The minimum atomic E-state index is -0.564. The molecule has 0 amide bonds. The van der Waals surface area contributed by atoms with E-state index >= 15 is 0 Å². The molecule has 0 heterocycles. The second kappa shape index (κ2) is 23.6. The van der Waals surface area contributed by atoms with E-state index in [0.717, 1.165) is 38.5 Å². The van der Waals surface area contributed by atoms with Crippen LogP contribution in [0.3, 0.4) is 0 Å². The Labute approximate surface area is 202 Å². The van der Waals surface area contributed by atoms with Gasteiger partial charge < -0.3 is 5.11 Å². The Bertz CT molecular complexity index is 392. The van der Waals surface area contributed by atoms with Crippen molar-refractivity contribution in [2.24, 2.45) is 5.41 Å². The van der Waals surface area contributed by atoms with Crippen molar-refractivity contribution >= 4 is 5.97 Å². The zero-order valence-electron chi connectivity index (χ0n) is 22.5. The first-order chi connectivity index (χ1) is 15.6. The molecule has 0 fully saturated rings. The first-order valence-electron chi connectivity index (χ1n) is 14.9. The van der Waals surface area contributed by atoms with Crippen LogP contribution in [-0.4, -0.2) is 11.1 Å². The lowest BCUT2D eigenvalue weighted by Crippen LogP contribution is -2.30. The standard InChI is InChI=1S/C30H60O2/c1-4-7-9-10-11-12-13-14-15-16-17-18-19-20-21-22-23-24-25-26-28-30(6-3,29(31)32)27-8-5-2/h4-28H2,1-3H3,(H,31,32). The molecule has 1 unspecified atom stereocenters. The lowest BCUT2D eigenvalue weighted by molar-refractivity contribution is -0.150. The van der Waals surface area contributed by atoms with Crippen molar-refractivity contribution in [2.75, 3.05) is 0 Å². The number of aliphatic carboxylic acids is 1. The molecule has 0 radical (unpaired) electrons. The fraction of sp³-hybridized carbons (Fsp3) is 0.967. The molecular weight excluding hydrogens is 392 g/mol. The van der Waals surface area contributed by atoms with Crippen LogP contribution in [0.1, 0.15) is 181 Å². The quantitative estimate of drug-likeness (QED) is 0.132. The highest BCUT2D eigenvalue weighted by atomic mass is 16.4. The van der Waals surface area contributed by atoms with Gasteiger partial charge in [0, 0.05) is 0 Å². The highest BCUT2D eigenvalue weighted by Gasteiger charge is 2.35. The van der Waals surface area contributed by atoms with E-state index in [1.165, 1.54) is 122 Å². The number of carboxylic acids is 1. The summed E-state index contributed by atoms with van der Waals surface area (Å²) in [6.45, 7) is 6.50. The molecule has 2 heteroatoms. The molecule has 0 saturated carbocycles. The third kappa shape index (κ3) is 18.0. The summed E-state index contributed by atoms with van der Waals surface area (Å²) in [4.78, 5) is 11.8. The monoisotopic (exact) mass is 452 g/mol. The number of carboxylic acid groups (broad SMARTS) is 1. The van der Waals surface area contributed by atoms with Gasteiger partial charge >= 0.3 is 5.97 Å². The molecule has 0 bridgehead atoms. The summed E-state index contributed by atoms with van der Waals surface area (Å²) in [7, 11) is 0. The van der Waals surface area contributed by atoms with E-state index in [4.69, 9.17) is 0 Å². The molecule has 2 nitrogen and oxygen atoms in total. The maximum atomic E-state index is 11.8. The first kappa shape index (κ1) is 31.5. The highest BCUT2D eigenvalue weighted by molar-refractivity contribution is 5.74. The Balaban J connectivity index is 3.38. The van der Waals surface area contributed by atoms with Gasteiger partial charge in [0.2, 0.25) is 0 Å². The van der Waals surface area contributed by atoms with E-state index in [9.17, 15) is 9.90 Å². The minimum Gasteiger partial charge on any atom is -0.481 e. The SMILES string of the molecule is CCCCCCCCCCCCCCCCCCCCCCC(CC)(CCCC)C(=O)O. The van der Waals surface area contributed by atoms with Gasteiger partial charge in [-0.25, -0.2) is 0 Å². The largest absolute Gasteiger partial charge is 0.481 e. The molecule has 0 saturated heterocycles. The van der Waals surface area contributed by atoms with Crippen molar-refractivity contribution in [1.82, 2.24) is 0 Å². The molecule has 0 aromatic rings. The van der Waals surface area contributed by atoms with E-state index in [2.05, 4.69) is 20.8 Å². The van der Waals surface area contributed by atoms with Gasteiger partial charge in [0.15, 0.2) is 0 Å². The molecule has 0 aromatic carbocycles. The van der Waals surface area contributed by atoms with Crippen LogP contribution in [-0.2, 0) is 4.79 Å². The molecule has 0 aliphatic heterocycles. The third-order valence-electron chi connectivity index (χ3n) is 7.65. The van der Waals surface area contributed by atoms with Gasteiger partial charge in [0.1, 0.15) is 0 Å². The van der Waals surface area contributed by atoms with Crippen molar-refractivity contribution < 1.29 is 9.90 Å². The van der Waals surface area contributed by atoms with Crippen LogP contribution in [0.15, 0.2) is 0 Å². The molecule has 32 heavy (non-hydrogen) atoms. The second-order valence-electron chi connectivity index (χ2n) is 10.5. The van der Waals surface area contributed by atoms with Crippen molar-refractivity contribution in [3.8, 4) is 0 Å². The molecule has 192 valence electrons. The fourth-order valence-corrected chi connectivity index (χ4v) is 5.08. The lowest BCUT2D eigenvalue weighted by atomic mass is 9.76. The Morgan fingerprint density at radius 2 is 0.750 bits per heavy atom. The maximum absolute atomic E-state index is 11.8. The van der Waals surface area contributed by atoms with Crippen molar-refractivity contribution in [1.29, 1.82) is 0 Å². The van der Waals surface area contributed by atoms with Gasteiger partial charge in [-0.1, -0.05) is 162 Å². The van der Waals surface area contributed by atoms with Crippen LogP contribution in [0.5, 0.6) is 0 Å². The smallest absolute Gasteiger partial charge is 0.309 e. The fourth-order valence-electron chi connectivity index (χ4n) is 5.08.